The molecule has 1 heterocycles. The number of carboxylic acids is 1. The lowest BCUT2D eigenvalue weighted by Crippen LogP contribution is -2.27. The molecule has 0 aliphatic rings. The van der Waals surface area contributed by atoms with Crippen molar-refractivity contribution in [3.63, 3.8) is 0 Å². The van der Waals surface area contributed by atoms with E-state index in [0.29, 0.717) is 17.4 Å². The van der Waals surface area contributed by atoms with E-state index in [1.165, 1.54) is 17.7 Å². The molecule has 0 fully saturated rings. The molecule has 1 aromatic heterocycles. The quantitative estimate of drug-likeness (QED) is 0.885. The van der Waals surface area contributed by atoms with Gasteiger partial charge in [0.2, 0.25) is 0 Å². The molecule has 1 aromatic carbocycles. The third-order valence-corrected chi connectivity index (χ3v) is 2.76. The second-order valence-corrected chi connectivity index (χ2v) is 3.87. The van der Waals surface area contributed by atoms with Crippen LogP contribution in [0.5, 0.6) is 0 Å². The third kappa shape index (κ3) is 2.12. The zero-order valence-electron chi connectivity index (χ0n) is 9.92. The maximum atomic E-state index is 12.2. The average molecular weight is 247 g/mol. The molecule has 94 valence electrons. The number of hydrogen-bond acceptors (Lipinski definition) is 3. The van der Waals surface area contributed by atoms with Crippen LogP contribution in [0.3, 0.4) is 0 Å². The van der Waals surface area contributed by atoms with Gasteiger partial charge in [-0.05, 0) is 17.5 Å². The maximum absolute atomic E-state index is 12.2. The predicted molar refractivity (Wildman–Crippen MR) is 67.0 cm³/mol. The highest BCUT2D eigenvalue weighted by Gasteiger charge is 2.13. The van der Waals surface area contributed by atoms with Crippen LogP contribution in [0.2, 0.25) is 0 Å². The lowest BCUT2D eigenvalue weighted by molar-refractivity contribution is 0.0681. The van der Waals surface area contributed by atoms with Crippen molar-refractivity contribution in [2.75, 3.05) is 13.7 Å². The Morgan fingerprint density at radius 3 is 2.78 bits per heavy atom. The van der Waals surface area contributed by atoms with E-state index < -0.39 is 5.97 Å². The lowest BCUT2D eigenvalue weighted by Gasteiger charge is -2.11. The first-order valence-corrected chi connectivity index (χ1v) is 5.50. The van der Waals surface area contributed by atoms with Gasteiger partial charge in [-0.25, -0.2) is 4.79 Å². The number of aromatic carboxylic acids is 1. The van der Waals surface area contributed by atoms with E-state index >= 15 is 0 Å². The summed E-state index contributed by atoms with van der Waals surface area (Å²) in [6.45, 7) is 0.514. The zero-order chi connectivity index (χ0) is 13.1. The monoisotopic (exact) mass is 247 g/mol. The first kappa shape index (κ1) is 12.3. The van der Waals surface area contributed by atoms with E-state index in [2.05, 4.69) is 0 Å². The van der Waals surface area contributed by atoms with E-state index in [4.69, 9.17) is 9.84 Å². The van der Waals surface area contributed by atoms with E-state index in [9.17, 15) is 9.59 Å². The van der Waals surface area contributed by atoms with Gasteiger partial charge in [0.05, 0.1) is 6.61 Å². The Balaban J connectivity index is 2.71. The minimum absolute atomic E-state index is 0.0178. The highest BCUT2D eigenvalue weighted by molar-refractivity contribution is 5.92. The number of methoxy groups -OCH3 is 1. The molecule has 2 rings (SSSR count). The van der Waals surface area contributed by atoms with Crippen molar-refractivity contribution in [1.82, 2.24) is 4.57 Å². The summed E-state index contributed by atoms with van der Waals surface area (Å²) >= 11 is 0. The van der Waals surface area contributed by atoms with Crippen LogP contribution in [0.4, 0.5) is 0 Å². The van der Waals surface area contributed by atoms with Gasteiger partial charge in [0.15, 0.2) is 0 Å². The Morgan fingerprint density at radius 1 is 1.39 bits per heavy atom. The van der Waals surface area contributed by atoms with Gasteiger partial charge in [0.1, 0.15) is 5.69 Å². The number of carbonyl (C=O) groups is 1. The van der Waals surface area contributed by atoms with Crippen molar-refractivity contribution in [2.24, 2.45) is 0 Å². The summed E-state index contributed by atoms with van der Waals surface area (Å²) in [6.07, 6.45) is 0. The Kier molecular flexibility index (Phi) is 3.43. The van der Waals surface area contributed by atoms with E-state index in [1.54, 1.807) is 24.3 Å². The molecule has 5 heteroatoms. The van der Waals surface area contributed by atoms with Crippen molar-refractivity contribution in [2.45, 2.75) is 6.54 Å². The fourth-order valence-corrected chi connectivity index (χ4v) is 1.88. The van der Waals surface area contributed by atoms with Gasteiger partial charge >= 0.3 is 5.97 Å². The maximum Gasteiger partial charge on any atom is 0.352 e. The summed E-state index contributed by atoms with van der Waals surface area (Å²) in [5.41, 5.74) is -0.321. The number of ether oxygens (including phenoxy) is 1. The molecule has 0 saturated carbocycles. The lowest BCUT2D eigenvalue weighted by atomic mass is 10.1. The highest BCUT2D eigenvalue weighted by atomic mass is 16.5. The molecule has 0 aliphatic heterocycles. The Bertz CT molecular complexity index is 645. The largest absolute Gasteiger partial charge is 0.477 e. The molecular formula is C13H13NO4. The van der Waals surface area contributed by atoms with Crippen LogP contribution in [0.25, 0.3) is 10.8 Å². The number of benzene rings is 1. The van der Waals surface area contributed by atoms with Crippen LogP contribution in [-0.2, 0) is 11.3 Å². The summed E-state index contributed by atoms with van der Waals surface area (Å²) < 4.78 is 6.13. The topological polar surface area (TPSA) is 68.5 Å². The van der Waals surface area contributed by atoms with E-state index in [0.717, 1.165) is 0 Å². The van der Waals surface area contributed by atoms with Gasteiger partial charge in [-0.1, -0.05) is 18.2 Å². The summed E-state index contributed by atoms with van der Waals surface area (Å²) in [4.78, 5) is 23.4. The molecule has 5 nitrogen and oxygen atoms in total. The first-order valence-electron chi connectivity index (χ1n) is 5.50. The standard InChI is InChI=1S/C13H13NO4/c1-18-7-6-14-11(13(16)17)8-9-4-2-3-5-10(9)12(14)15/h2-5,8H,6-7H2,1H3,(H,16,17). The molecule has 0 saturated heterocycles. The number of fused-ring (bicyclic) bond motifs is 1. The predicted octanol–water partition coefficient (Wildman–Crippen LogP) is 1.35. The van der Waals surface area contributed by atoms with Crippen molar-refractivity contribution in [1.29, 1.82) is 0 Å². The third-order valence-electron chi connectivity index (χ3n) is 2.76. The summed E-state index contributed by atoms with van der Waals surface area (Å²) in [5, 5.41) is 10.3. The first-order chi connectivity index (χ1) is 8.65. The van der Waals surface area contributed by atoms with Crippen LogP contribution in [0.15, 0.2) is 35.1 Å². The molecule has 0 aliphatic carbocycles. The molecule has 0 bridgehead atoms. The van der Waals surface area contributed by atoms with Gasteiger partial charge in [-0.3, -0.25) is 9.36 Å². The molecule has 1 N–H and O–H groups in total. The van der Waals surface area contributed by atoms with Gasteiger partial charge < -0.3 is 9.84 Å². The van der Waals surface area contributed by atoms with Crippen LogP contribution in [-0.4, -0.2) is 29.4 Å². The van der Waals surface area contributed by atoms with Crippen LogP contribution < -0.4 is 5.56 Å². The second kappa shape index (κ2) is 5.01. The number of pyridine rings is 1. The van der Waals surface area contributed by atoms with Crippen LogP contribution >= 0.6 is 0 Å². The molecular weight excluding hydrogens is 234 g/mol. The van der Waals surface area contributed by atoms with Gasteiger partial charge in [-0.2, -0.15) is 0 Å². The van der Waals surface area contributed by atoms with Gasteiger partial charge in [0, 0.05) is 19.0 Å². The normalized spacial score (nSPS) is 10.7. The van der Waals surface area contributed by atoms with Crippen LogP contribution in [0, 0.1) is 0 Å². The van der Waals surface area contributed by atoms with Crippen molar-refractivity contribution in [3.8, 4) is 0 Å². The van der Waals surface area contributed by atoms with Gasteiger partial charge in [-0.15, -0.1) is 0 Å². The Labute approximate surface area is 103 Å². The molecule has 0 amide bonds. The molecule has 0 radical (unpaired) electrons. The summed E-state index contributed by atoms with van der Waals surface area (Å²) in [7, 11) is 1.51. The molecule has 18 heavy (non-hydrogen) atoms. The average Bonchev–Trinajstić information content (AvgIpc) is 2.37. The Morgan fingerprint density at radius 2 is 2.11 bits per heavy atom. The van der Waals surface area contributed by atoms with E-state index in [-0.39, 0.29) is 17.8 Å². The fourth-order valence-electron chi connectivity index (χ4n) is 1.88. The van der Waals surface area contributed by atoms with Crippen LogP contribution in [0.1, 0.15) is 10.5 Å². The number of nitrogens with zero attached hydrogens (tertiary/aromatic N) is 1. The van der Waals surface area contributed by atoms with Crippen molar-refractivity contribution in [3.05, 3.63) is 46.4 Å². The number of aromatic nitrogens is 1. The minimum atomic E-state index is -1.12. The highest BCUT2D eigenvalue weighted by Crippen LogP contribution is 2.12. The second-order valence-electron chi connectivity index (χ2n) is 3.87. The number of rotatable bonds is 4. The van der Waals surface area contributed by atoms with E-state index in [1.807, 2.05) is 0 Å². The number of carboxylic acid groups (broad SMARTS) is 1. The fraction of sp³-hybridized carbons (Fsp3) is 0.231. The summed E-state index contributed by atoms with van der Waals surface area (Å²) in [6, 6.07) is 8.45. The molecule has 0 spiro atoms. The minimum Gasteiger partial charge on any atom is -0.477 e. The van der Waals surface area contributed by atoms with Crippen molar-refractivity contribution >= 4 is 16.7 Å². The smallest absolute Gasteiger partial charge is 0.352 e. The molecule has 0 atom stereocenters. The molecule has 0 unspecified atom stereocenters. The van der Waals surface area contributed by atoms with Crippen molar-refractivity contribution < 1.29 is 14.6 Å². The number of hydrogen-bond donors (Lipinski definition) is 1. The summed E-state index contributed by atoms with van der Waals surface area (Å²) in [5.74, 6) is -1.12. The molecule has 2 aromatic rings. The zero-order valence-corrected chi connectivity index (χ0v) is 9.92. The van der Waals surface area contributed by atoms with Gasteiger partial charge in [0.25, 0.3) is 5.56 Å². The SMILES string of the molecule is COCCn1c(C(=O)O)cc2ccccc2c1=O. The Hall–Kier alpha value is -2.14.